The minimum Gasteiger partial charge on any atom is -0.473 e. The van der Waals surface area contributed by atoms with Crippen molar-refractivity contribution in [3.05, 3.63) is 49.1 Å². The van der Waals surface area contributed by atoms with Crippen molar-refractivity contribution in [2.75, 3.05) is 38.5 Å². The smallest absolute Gasteiger partial charge is 0.237 e. The summed E-state index contributed by atoms with van der Waals surface area (Å²) in [4.78, 5) is 20.3. The molecule has 1 aromatic carbocycles. The van der Waals surface area contributed by atoms with Crippen LogP contribution in [0.15, 0.2) is 49.1 Å². The van der Waals surface area contributed by atoms with Gasteiger partial charge in [-0.05, 0) is 38.9 Å². The van der Waals surface area contributed by atoms with Crippen molar-refractivity contribution in [1.82, 2.24) is 29.2 Å². The maximum absolute atomic E-state index is 12.6. The molecule has 5 rings (SSSR count). The SMILES string of the molecule is CNC(Oc1cccc(-c2nc(-c3cn(S(C)(=O)=O)c4ncncc34)cc(N(C)C3CCOCC3)n2)c1)C(C)O. The average molecular weight is 568 g/mol. The third kappa shape index (κ3) is 5.77. The fourth-order valence-corrected chi connectivity index (χ4v) is 5.55. The first-order chi connectivity index (χ1) is 19.2. The van der Waals surface area contributed by atoms with Crippen LogP contribution < -0.4 is 15.0 Å². The van der Waals surface area contributed by atoms with E-state index in [9.17, 15) is 13.5 Å². The zero-order valence-electron chi connectivity index (χ0n) is 22.9. The second kappa shape index (κ2) is 11.5. The number of aliphatic hydroxyl groups excluding tert-OH is 1. The van der Waals surface area contributed by atoms with Gasteiger partial charge >= 0.3 is 0 Å². The number of anilines is 1. The molecule has 1 aliphatic rings. The highest BCUT2D eigenvalue weighted by Crippen LogP contribution is 2.33. The minimum absolute atomic E-state index is 0.224. The first-order valence-corrected chi connectivity index (χ1v) is 14.8. The van der Waals surface area contributed by atoms with Crippen molar-refractivity contribution >= 4 is 26.9 Å². The molecule has 2 atom stereocenters. The van der Waals surface area contributed by atoms with Crippen LogP contribution in [0.25, 0.3) is 33.7 Å². The fourth-order valence-electron chi connectivity index (χ4n) is 4.79. The summed E-state index contributed by atoms with van der Waals surface area (Å²) in [6.45, 7) is 3.00. The largest absolute Gasteiger partial charge is 0.473 e. The fraction of sp³-hybridized carbons (Fsp3) is 0.407. The molecule has 3 aromatic heterocycles. The van der Waals surface area contributed by atoms with Gasteiger partial charge in [0.05, 0.1) is 11.9 Å². The van der Waals surface area contributed by atoms with Crippen LogP contribution >= 0.6 is 0 Å². The summed E-state index contributed by atoms with van der Waals surface area (Å²) in [6.07, 6.45) is 5.96. The van der Waals surface area contributed by atoms with Gasteiger partial charge in [-0.3, -0.25) is 5.32 Å². The first-order valence-electron chi connectivity index (χ1n) is 13.0. The monoisotopic (exact) mass is 567 g/mol. The third-order valence-corrected chi connectivity index (χ3v) is 7.95. The van der Waals surface area contributed by atoms with Crippen LogP contribution in [-0.2, 0) is 14.8 Å². The number of nitrogens with zero attached hydrogens (tertiary/aromatic N) is 6. The number of rotatable bonds is 9. The molecule has 0 radical (unpaired) electrons. The molecule has 1 aliphatic heterocycles. The molecule has 1 saturated heterocycles. The van der Waals surface area contributed by atoms with Crippen molar-refractivity contribution in [1.29, 1.82) is 0 Å². The summed E-state index contributed by atoms with van der Waals surface area (Å²) in [5.74, 6) is 1.66. The minimum atomic E-state index is -3.63. The van der Waals surface area contributed by atoms with Crippen LogP contribution in [0.5, 0.6) is 5.75 Å². The quantitative estimate of drug-likeness (QED) is 0.287. The lowest BCUT2D eigenvalue weighted by Crippen LogP contribution is -2.40. The summed E-state index contributed by atoms with van der Waals surface area (Å²) in [6, 6.07) is 9.41. The van der Waals surface area contributed by atoms with E-state index in [1.165, 1.54) is 12.5 Å². The van der Waals surface area contributed by atoms with E-state index in [-0.39, 0.29) is 11.7 Å². The lowest BCUT2D eigenvalue weighted by Gasteiger charge is -2.32. The van der Waals surface area contributed by atoms with E-state index in [4.69, 9.17) is 19.4 Å². The molecule has 4 heterocycles. The van der Waals surface area contributed by atoms with E-state index < -0.39 is 22.4 Å². The Labute approximate surface area is 233 Å². The second-order valence-electron chi connectivity index (χ2n) is 9.85. The number of aromatic nitrogens is 5. The van der Waals surface area contributed by atoms with Crippen LogP contribution in [0.2, 0.25) is 0 Å². The zero-order valence-corrected chi connectivity index (χ0v) is 23.7. The lowest BCUT2D eigenvalue weighted by molar-refractivity contribution is 0.0321. The highest BCUT2D eigenvalue weighted by molar-refractivity contribution is 7.89. The molecular weight excluding hydrogens is 534 g/mol. The van der Waals surface area contributed by atoms with Gasteiger partial charge in [0.15, 0.2) is 17.7 Å². The number of aliphatic hydroxyl groups is 1. The van der Waals surface area contributed by atoms with E-state index >= 15 is 0 Å². The van der Waals surface area contributed by atoms with E-state index in [0.29, 0.717) is 52.8 Å². The Bertz CT molecular complexity index is 1600. The number of nitrogens with one attached hydrogen (secondary N) is 1. The number of likely N-dealkylation sites (N-methyl/N-ethyl adjacent to an activating group) is 1. The van der Waals surface area contributed by atoms with E-state index in [1.54, 1.807) is 26.2 Å². The standard InChI is InChI=1S/C27H33N7O5S/c1-17(35)27(28-2)39-20-7-5-6-18(12-20)25-31-23(13-24(32-25)33(3)19-8-10-38-11-9-19)22-15-34(40(4,36)37)26-21(22)14-29-16-30-26/h5-7,12-17,19,27-28,35H,8-11H2,1-4H3. The van der Waals surface area contributed by atoms with E-state index in [2.05, 4.69) is 20.2 Å². The Kier molecular flexibility index (Phi) is 7.99. The molecule has 2 N–H and O–H groups in total. The van der Waals surface area contributed by atoms with Gasteiger partial charge in [0.1, 0.15) is 24.0 Å². The van der Waals surface area contributed by atoms with Crippen molar-refractivity contribution in [2.45, 2.75) is 38.1 Å². The molecule has 212 valence electrons. The van der Waals surface area contributed by atoms with Gasteiger partial charge in [0.25, 0.3) is 0 Å². The molecule has 40 heavy (non-hydrogen) atoms. The summed E-state index contributed by atoms with van der Waals surface area (Å²) < 4.78 is 37.8. The molecule has 1 fully saturated rings. The average Bonchev–Trinajstić information content (AvgIpc) is 3.36. The van der Waals surface area contributed by atoms with Gasteiger partial charge in [-0.25, -0.2) is 32.3 Å². The lowest BCUT2D eigenvalue weighted by atomic mass is 10.1. The highest BCUT2D eigenvalue weighted by Gasteiger charge is 2.24. The molecule has 0 amide bonds. The van der Waals surface area contributed by atoms with Crippen molar-refractivity contribution < 1.29 is 23.0 Å². The Morgan fingerprint density at radius 3 is 2.70 bits per heavy atom. The first kappa shape index (κ1) is 27.9. The molecule has 0 bridgehead atoms. The molecule has 0 saturated carbocycles. The van der Waals surface area contributed by atoms with E-state index in [0.717, 1.165) is 23.1 Å². The van der Waals surface area contributed by atoms with Crippen molar-refractivity contribution in [3.8, 4) is 28.4 Å². The summed E-state index contributed by atoms with van der Waals surface area (Å²) >= 11 is 0. The maximum atomic E-state index is 12.6. The Morgan fingerprint density at radius 2 is 2.00 bits per heavy atom. The summed E-state index contributed by atoms with van der Waals surface area (Å²) in [5, 5.41) is 13.5. The Balaban J connectivity index is 1.65. The number of hydrogen-bond acceptors (Lipinski definition) is 11. The summed E-state index contributed by atoms with van der Waals surface area (Å²) in [5.41, 5.74) is 2.08. The van der Waals surface area contributed by atoms with Crippen LogP contribution in [0.1, 0.15) is 19.8 Å². The molecular formula is C27H33N7O5S. The highest BCUT2D eigenvalue weighted by atomic mass is 32.2. The number of fused-ring (bicyclic) bond motifs is 1. The molecule has 13 heteroatoms. The predicted octanol–water partition coefficient (Wildman–Crippen LogP) is 2.28. The van der Waals surface area contributed by atoms with Crippen LogP contribution in [0.4, 0.5) is 5.82 Å². The van der Waals surface area contributed by atoms with Gasteiger partial charge in [0.2, 0.25) is 10.0 Å². The Morgan fingerprint density at radius 1 is 1.23 bits per heavy atom. The van der Waals surface area contributed by atoms with Crippen LogP contribution in [0, 0.1) is 0 Å². The van der Waals surface area contributed by atoms with Gasteiger partial charge in [-0.2, -0.15) is 0 Å². The van der Waals surface area contributed by atoms with Gasteiger partial charge in [-0.15, -0.1) is 0 Å². The second-order valence-corrected chi connectivity index (χ2v) is 11.7. The van der Waals surface area contributed by atoms with Crippen LogP contribution in [0.3, 0.4) is 0 Å². The zero-order chi connectivity index (χ0) is 28.4. The van der Waals surface area contributed by atoms with Gasteiger partial charge in [-0.1, -0.05) is 12.1 Å². The summed E-state index contributed by atoms with van der Waals surface area (Å²) in [7, 11) is 0.0722. The van der Waals surface area contributed by atoms with Gasteiger partial charge < -0.3 is 19.5 Å². The molecule has 4 aromatic rings. The molecule has 2 unspecified atom stereocenters. The van der Waals surface area contributed by atoms with E-state index in [1.807, 2.05) is 31.3 Å². The van der Waals surface area contributed by atoms with Crippen molar-refractivity contribution in [3.63, 3.8) is 0 Å². The molecule has 12 nitrogen and oxygen atoms in total. The molecule has 0 aliphatic carbocycles. The third-order valence-electron chi connectivity index (χ3n) is 6.96. The van der Waals surface area contributed by atoms with Gasteiger partial charge in [0, 0.05) is 61.3 Å². The predicted molar refractivity (Wildman–Crippen MR) is 152 cm³/mol. The van der Waals surface area contributed by atoms with Crippen LogP contribution in [-0.4, -0.2) is 89.4 Å². The maximum Gasteiger partial charge on any atom is 0.237 e. The number of benzene rings is 1. The number of hydrogen-bond donors (Lipinski definition) is 2. The Hall–Kier alpha value is -3.65. The normalized spacial score (nSPS) is 16.1. The topological polar surface area (TPSA) is 145 Å². The van der Waals surface area contributed by atoms with Crippen molar-refractivity contribution in [2.24, 2.45) is 0 Å². The molecule has 0 spiro atoms. The number of ether oxygens (including phenoxy) is 2.